The molecule has 1 amide bonds. The molecule has 0 bridgehead atoms. The van der Waals surface area contributed by atoms with Crippen LogP contribution in [0.2, 0.25) is 0 Å². The Balaban J connectivity index is 2.07. The molecule has 0 radical (unpaired) electrons. The maximum absolute atomic E-state index is 11.2. The fourth-order valence-corrected chi connectivity index (χ4v) is 2.80. The summed E-state index contributed by atoms with van der Waals surface area (Å²) in [6.07, 6.45) is 1.59. The quantitative estimate of drug-likeness (QED) is 0.787. The standard InChI is InChI=1S/C16H21NO2/c1-16(2,3)11-6-10-4-5-19-9-13(10)12(7-11)14-8-15(18)17-14/h6-7,14H,4-5,8-9H2,1-3H3,(H,17,18). The number of amides is 1. The van der Waals surface area contributed by atoms with E-state index in [1.165, 1.54) is 22.3 Å². The van der Waals surface area contributed by atoms with Crippen LogP contribution in [0.25, 0.3) is 0 Å². The third-order valence-corrected chi connectivity index (χ3v) is 4.11. The zero-order valence-corrected chi connectivity index (χ0v) is 11.9. The molecule has 0 saturated carbocycles. The number of rotatable bonds is 1. The molecule has 3 heteroatoms. The van der Waals surface area contributed by atoms with E-state index in [4.69, 9.17) is 4.74 Å². The van der Waals surface area contributed by atoms with Gasteiger partial charge in [0.25, 0.3) is 0 Å². The van der Waals surface area contributed by atoms with Crippen molar-refractivity contribution in [3.05, 3.63) is 34.4 Å². The van der Waals surface area contributed by atoms with Crippen molar-refractivity contribution in [1.29, 1.82) is 0 Å². The lowest BCUT2D eigenvalue weighted by atomic mass is 9.80. The van der Waals surface area contributed by atoms with Crippen molar-refractivity contribution in [2.24, 2.45) is 0 Å². The summed E-state index contributed by atoms with van der Waals surface area (Å²) in [4.78, 5) is 11.2. The Morgan fingerprint density at radius 3 is 2.68 bits per heavy atom. The summed E-state index contributed by atoms with van der Waals surface area (Å²) in [5.41, 5.74) is 5.45. The Hall–Kier alpha value is -1.35. The van der Waals surface area contributed by atoms with E-state index in [2.05, 4.69) is 38.2 Å². The number of carbonyl (C=O) groups excluding carboxylic acids is 1. The summed E-state index contributed by atoms with van der Waals surface area (Å²) >= 11 is 0. The van der Waals surface area contributed by atoms with Gasteiger partial charge in [0.2, 0.25) is 5.91 Å². The number of fused-ring (bicyclic) bond motifs is 1. The number of nitrogens with one attached hydrogen (secondary N) is 1. The second kappa shape index (κ2) is 4.34. The molecular weight excluding hydrogens is 238 g/mol. The predicted octanol–water partition coefficient (Wildman–Crippen LogP) is 2.62. The summed E-state index contributed by atoms with van der Waals surface area (Å²) in [5.74, 6) is 0.150. The molecule has 2 aliphatic rings. The van der Waals surface area contributed by atoms with Gasteiger partial charge in [-0.1, -0.05) is 32.9 Å². The SMILES string of the molecule is CC(C)(C)c1cc2c(c(C3CC(=O)N3)c1)COCC2. The molecule has 2 aliphatic heterocycles. The lowest BCUT2D eigenvalue weighted by Gasteiger charge is -2.33. The van der Waals surface area contributed by atoms with Crippen LogP contribution in [0.5, 0.6) is 0 Å². The van der Waals surface area contributed by atoms with Crippen LogP contribution < -0.4 is 5.32 Å². The number of β-lactam (4-membered cyclic amide) rings is 1. The molecule has 3 nitrogen and oxygen atoms in total. The van der Waals surface area contributed by atoms with E-state index >= 15 is 0 Å². The largest absolute Gasteiger partial charge is 0.376 e. The Labute approximate surface area is 114 Å². The third-order valence-electron chi connectivity index (χ3n) is 4.11. The van der Waals surface area contributed by atoms with Crippen molar-refractivity contribution < 1.29 is 9.53 Å². The van der Waals surface area contributed by atoms with Gasteiger partial charge in [-0.25, -0.2) is 0 Å². The van der Waals surface area contributed by atoms with Crippen LogP contribution in [-0.4, -0.2) is 12.5 Å². The Morgan fingerprint density at radius 2 is 2.05 bits per heavy atom. The van der Waals surface area contributed by atoms with E-state index in [-0.39, 0.29) is 17.4 Å². The summed E-state index contributed by atoms with van der Waals surface area (Å²) in [7, 11) is 0. The van der Waals surface area contributed by atoms with Crippen molar-refractivity contribution in [3.8, 4) is 0 Å². The molecule has 0 aliphatic carbocycles. The molecule has 1 aromatic rings. The molecule has 2 heterocycles. The van der Waals surface area contributed by atoms with Gasteiger partial charge in [0.15, 0.2) is 0 Å². The van der Waals surface area contributed by atoms with Crippen molar-refractivity contribution in [2.75, 3.05) is 6.61 Å². The van der Waals surface area contributed by atoms with E-state index in [1.807, 2.05) is 0 Å². The summed E-state index contributed by atoms with van der Waals surface area (Å²) in [5, 5.41) is 2.99. The highest BCUT2D eigenvalue weighted by Gasteiger charge is 2.31. The second-order valence-electron chi connectivity index (χ2n) is 6.58. The predicted molar refractivity (Wildman–Crippen MR) is 74.0 cm³/mol. The molecule has 1 saturated heterocycles. The minimum absolute atomic E-state index is 0.135. The van der Waals surface area contributed by atoms with Gasteiger partial charge in [-0.2, -0.15) is 0 Å². The fraction of sp³-hybridized carbons (Fsp3) is 0.562. The molecular formula is C16H21NO2. The van der Waals surface area contributed by atoms with Crippen LogP contribution in [-0.2, 0) is 28.0 Å². The average molecular weight is 259 g/mol. The van der Waals surface area contributed by atoms with Gasteiger partial charge in [0, 0.05) is 0 Å². The summed E-state index contributed by atoms with van der Waals surface area (Å²) in [6.45, 7) is 8.18. The molecule has 3 rings (SSSR count). The van der Waals surface area contributed by atoms with Gasteiger partial charge < -0.3 is 10.1 Å². The number of benzene rings is 1. The van der Waals surface area contributed by atoms with Gasteiger partial charge in [-0.05, 0) is 34.1 Å². The zero-order valence-electron chi connectivity index (χ0n) is 11.9. The van der Waals surface area contributed by atoms with E-state index in [0.717, 1.165) is 13.0 Å². The first-order valence-electron chi connectivity index (χ1n) is 6.98. The maximum atomic E-state index is 11.2. The monoisotopic (exact) mass is 259 g/mol. The van der Waals surface area contributed by atoms with Crippen LogP contribution in [0.3, 0.4) is 0 Å². The van der Waals surface area contributed by atoms with E-state index in [0.29, 0.717) is 13.0 Å². The molecule has 0 aromatic heterocycles. The van der Waals surface area contributed by atoms with Gasteiger partial charge in [-0.3, -0.25) is 4.79 Å². The zero-order chi connectivity index (χ0) is 13.6. The highest BCUT2D eigenvalue weighted by Crippen LogP contribution is 2.35. The molecule has 19 heavy (non-hydrogen) atoms. The van der Waals surface area contributed by atoms with E-state index < -0.39 is 0 Å². The number of hydrogen-bond acceptors (Lipinski definition) is 2. The second-order valence-corrected chi connectivity index (χ2v) is 6.58. The third kappa shape index (κ3) is 2.27. The molecule has 102 valence electrons. The van der Waals surface area contributed by atoms with Crippen LogP contribution in [0.4, 0.5) is 0 Å². The lowest BCUT2D eigenvalue weighted by Crippen LogP contribution is -2.42. The van der Waals surface area contributed by atoms with Crippen LogP contribution in [0.15, 0.2) is 12.1 Å². The fourth-order valence-electron chi connectivity index (χ4n) is 2.80. The Morgan fingerprint density at radius 1 is 1.32 bits per heavy atom. The molecule has 0 spiro atoms. The molecule has 1 unspecified atom stereocenters. The molecule has 1 atom stereocenters. The molecule has 1 fully saturated rings. The van der Waals surface area contributed by atoms with Gasteiger partial charge in [0.05, 0.1) is 25.7 Å². The van der Waals surface area contributed by atoms with Gasteiger partial charge in [0.1, 0.15) is 0 Å². The lowest BCUT2D eigenvalue weighted by molar-refractivity contribution is -0.128. The molecule has 1 aromatic carbocycles. The van der Waals surface area contributed by atoms with E-state index in [1.54, 1.807) is 0 Å². The first-order valence-corrected chi connectivity index (χ1v) is 6.98. The normalized spacial score (nSPS) is 22.5. The topological polar surface area (TPSA) is 38.3 Å². The van der Waals surface area contributed by atoms with Gasteiger partial charge in [-0.15, -0.1) is 0 Å². The Bertz CT molecular complexity index is 520. The minimum atomic E-state index is 0.135. The summed E-state index contributed by atoms with van der Waals surface area (Å²) < 4.78 is 5.59. The van der Waals surface area contributed by atoms with Gasteiger partial charge >= 0.3 is 0 Å². The summed E-state index contributed by atoms with van der Waals surface area (Å²) in [6, 6.07) is 4.77. The first kappa shape index (κ1) is 12.7. The van der Waals surface area contributed by atoms with Crippen LogP contribution >= 0.6 is 0 Å². The highest BCUT2D eigenvalue weighted by atomic mass is 16.5. The van der Waals surface area contributed by atoms with E-state index in [9.17, 15) is 4.79 Å². The van der Waals surface area contributed by atoms with Crippen molar-refractivity contribution >= 4 is 5.91 Å². The average Bonchev–Trinajstić information content (AvgIpc) is 2.33. The van der Waals surface area contributed by atoms with Crippen molar-refractivity contribution in [2.45, 2.75) is 51.7 Å². The first-order chi connectivity index (χ1) is 8.95. The maximum Gasteiger partial charge on any atom is 0.222 e. The number of carbonyl (C=O) groups is 1. The Kier molecular flexibility index (Phi) is 2.90. The highest BCUT2D eigenvalue weighted by molar-refractivity contribution is 5.83. The van der Waals surface area contributed by atoms with Crippen LogP contribution in [0, 0.1) is 0 Å². The smallest absolute Gasteiger partial charge is 0.222 e. The number of hydrogen-bond donors (Lipinski definition) is 1. The van der Waals surface area contributed by atoms with Crippen molar-refractivity contribution in [1.82, 2.24) is 5.32 Å². The van der Waals surface area contributed by atoms with Crippen molar-refractivity contribution in [3.63, 3.8) is 0 Å². The molecule has 1 N–H and O–H groups in total. The van der Waals surface area contributed by atoms with Crippen LogP contribution in [0.1, 0.15) is 55.5 Å². The minimum Gasteiger partial charge on any atom is -0.376 e. The number of ether oxygens (including phenoxy) is 1.